The van der Waals surface area contributed by atoms with Gasteiger partial charge in [0.1, 0.15) is 6.54 Å². The van der Waals surface area contributed by atoms with Gasteiger partial charge in [0.2, 0.25) is 11.9 Å². The Balaban J connectivity index is 1.39. The van der Waals surface area contributed by atoms with Crippen LogP contribution < -0.4 is 11.1 Å². The summed E-state index contributed by atoms with van der Waals surface area (Å²) in [4.78, 5) is 34.1. The number of carbonyl (C=O) groups is 1. The number of benzene rings is 1. The quantitative estimate of drug-likeness (QED) is 0.759. The number of hydrogen-bond donors (Lipinski definition) is 1. The van der Waals surface area contributed by atoms with Gasteiger partial charge in [-0.05, 0) is 18.2 Å². The van der Waals surface area contributed by atoms with Crippen LogP contribution in [0.5, 0.6) is 0 Å². The zero-order valence-electron chi connectivity index (χ0n) is 12.8. The third kappa shape index (κ3) is 2.62. The lowest BCUT2D eigenvalue weighted by Crippen LogP contribution is -2.58. The lowest BCUT2D eigenvalue weighted by atomic mass is 10.1. The number of aromatic nitrogens is 3. The number of oxazole rings is 1. The molecule has 1 aliphatic heterocycles. The van der Waals surface area contributed by atoms with Crippen molar-refractivity contribution in [2.24, 2.45) is 0 Å². The van der Waals surface area contributed by atoms with Crippen LogP contribution in [0, 0.1) is 0 Å². The Morgan fingerprint density at radius 1 is 1.21 bits per heavy atom. The Hall–Kier alpha value is -3.16. The summed E-state index contributed by atoms with van der Waals surface area (Å²) in [6.45, 7) is 1.09. The molecule has 2 aromatic heterocycles. The van der Waals surface area contributed by atoms with Crippen LogP contribution in [0.4, 0.5) is 5.95 Å². The van der Waals surface area contributed by atoms with E-state index in [1.807, 2.05) is 6.07 Å². The Labute approximate surface area is 136 Å². The average Bonchev–Trinajstić information content (AvgIpc) is 2.87. The monoisotopic (exact) mass is 325 g/mol. The number of nitrogens with zero attached hydrogens (tertiary/aromatic N) is 4. The van der Waals surface area contributed by atoms with E-state index < -0.39 is 5.76 Å². The molecular formula is C16H15N5O3. The van der Waals surface area contributed by atoms with Crippen molar-refractivity contribution in [3.05, 3.63) is 53.3 Å². The SMILES string of the molecule is O=C(Cn1c(=O)oc2ccccc21)N1CC(Nc2ncccn2)C1. The van der Waals surface area contributed by atoms with Crippen LogP contribution in [0.1, 0.15) is 0 Å². The Morgan fingerprint density at radius 3 is 2.75 bits per heavy atom. The van der Waals surface area contributed by atoms with Crippen molar-refractivity contribution >= 4 is 23.0 Å². The second-order valence-electron chi connectivity index (χ2n) is 5.63. The first-order valence-electron chi connectivity index (χ1n) is 7.60. The highest BCUT2D eigenvalue weighted by Crippen LogP contribution is 2.15. The van der Waals surface area contributed by atoms with Crippen LogP contribution in [0.15, 0.2) is 51.9 Å². The van der Waals surface area contributed by atoms with E-state index in [4.69, 9.17) is 4.42 Å². The Morgan fingerprint density at radius 2 is 1.96 bits per heavy atom. The molecule has 1 aromatic carbocycles. The van der Waals surface area contributed by atoms with E-state index in [1.165, 1.54) is 4.57 Å². The number of hydrogen-bond acceptors (Lipinski definition) is 6. The van der Waals surface area contributed by atoms with Gasteiger partial charge in [-0.25, -0.2) is 14.8 Å². The zero-order valence-corrected chi connectivity index (χ0v) is 12.8. The zero-order chi connectivity index (χ0) is 16.5. The van der Waals surface area contributed by atoms with E-state index in [0.717, 1.165) is 0 Å². The number of amides is 1. The highest BCUT2D eigenvalue weighted by Gasteiger charge is 2.31. The molecule has 0 aliphatic carbocycles. The van der Waals surface area contributed by atoms with Crippen molar-refractivity contribution in [1.29, 1.82) is 0 Å². The standard InChI is InChI=1S/C16H15N5O3/c22-14(10-21-12-4-1-2-5-13(12)24-16(21)23)20-8-11(9-20)19-15-17-6-3-7-18-15/h1-7,11H,8-10H2,(H,17,18,19). The van der Waals surface area contributed by atoms with Gasteiger partial charge in [0.15, 0.2) is 5.58 Å². The van der Waals surface area contributed by atoms with E-state index >= 15 is 0 Å². The Kier molecular flexibility index (Phi) is 3.49. The van der Waals surface area contributed by atoms with E-state index in [-0.39, 0.29) is 18.5 Å². The first-order valence-corrected chi connectivity index (χ1v) is 7.60. The van der Waals surface area contributed by atoms with Crippen LogP contribution in [-0.2, 0) is 11.3 Å². The minimum atomic E-state index is -0.516. The third-order valence-corrected chi connectivity index (χ3v) is 4.00. The van der Waals surface area contributed by atoms with Crippen molar-refractivity contribution in [1.82, 2.24) is 19.4 Å². The fourth-order valence-corrected chi connectivity index (χ4v) is 2.73. The van der Waals surface area contributed by atoms with Gasteiger partial charge in [0.25, 0.3) is 0 Å². The van der Waals surface area contributed by atoms with Crippen molar-refractivity contribution < 1.29 is 9.21 Å². The van der Waals surface area contributed by atoms with Crippen molar-refractivity contribution in [3.8, 4) is 0 Å². The van der Waals surface area contributed by atoms with Gasteiger partial charge in [-0.3, -0.25) is 9.36 Å². The lowest BCUT2D eigenvalue weighted by Gasteiger charge is -2.39. The van der Waals surface area contributed by atoms with Crippen LogP contribution in [0.2, 0.25) is 0 Å². The minimum Gasteiger partial charge on any atom is -0.408 e. The molecule has 1 N–H and O–H groups in total. The van der Waals surface area contributed by atoms with Gasteiger partial charge >= 0.3 is 5.76 Å². The summed E-state index contributed by atoms with van der Waals surface area (Å²) in [7, 11) is 0. The number of nitrogens with one attached hydrogen (secondary N) is 1. The number of anilines is 1. The first-order chi connectivity index (χ1) is 11.7. The summed E-state index contributed by atoms with van der Waals surface area (Å²) >= 11 is 0. The van der Waals surface area contributed by atoms with Crippen molar-refractivity contribution in [2.45, 2.75) is 12.6 Å². The molecule has 24 heavy (non-hydrogen) atoms. The topological polar surface area (TPSA) is 93.3 Å². The molecule has 8 nitrogen and oxygen atoms in total. The molecule has 0 bridgehead atoms. The summed E-state index contributed by atoms with van der Waals surface area (Å²) in [5.41, 5.74) is 1.11. The van der Waals surface area contributed by atoms with Crippen LogP contribution >= 0.6 is 0 Å². The molecule has 8 heteroatoms. The molecule has 0 unspecified atom stereocenters. The number of rotatable bonds is 4. The van der Waals surface area contributed by atoms with E-state index in [2.05, 4.69) is 15.3 Å². The Bertz CT molecular complexity index is 928. The predicted octanol–water partition coefficient (Wildman–Crippen LogP) is 0.707. The van der Waals surface area contributed by atoms with Crippen LogP contribution in [0.25, 0.3) is 11.1 Å². The van der Waals surface area contributed by atoms with Crippen molar-refractivity contribution in [2.75, 3.05) is 18.4 Å². The summed E-state index contributed by atoms with van der Waals surface area (Å²) in [6.07, 6.45) is 3.32. The molecule has 3 aromatic rings. The summed E-state index contributed by atoms with van der Waals surface area (Å²) < 4.78 is 6.50. The molecule has 1 fully saturated rings. The molecule has 1 amide bonds. The fraction of sp³-hybridized carbons (Fsp3) is 0.250. The molecule has 1 saturated heterocycles. The second-order valence-corrected chi connectivity index (χ2v) is 5.63. The number of likely N-dealkylation sites (tertiary alicyclic amines) is 1. The minimum absolute atomic E-state index is 0.0234. The number of fused-ring (bicyclic) bond motifs is 1. The average molecular weight is 325 g/mol. The highest BCUT2D eigenvalue weighted by atomic mass is 16.4. The van der Waals surface area contributed by atoms with Gasteiger partial charge in [0, 0.05) is 25.5 Å². The van der Waals surface area contributed by atoms with Gasteiger partial charge in [-0.1, -0.05) is 12.1 Å². The lowest BCUT2D eigenvalue weighted by molar-refractivity contribution is -0.135. The van der Waals surface area contributed by atoms with Gasteiger partial charge in [-0.2, -0.15) is 0 Å². The van der Waals surface area contributed by atoms with Gasteiger partial charge < -0.3 is 14.6 Å². The highest BCUT2D eigenvalue weighted by molar-refractivity contribution is 5.80. The maximum Gasteiger partial charge on any atom is 0.420 e. The predicted molar refractivity (Wildman–Crippen MR) is 86.5 cm³/mol. The second kappa shape index (κ2) is 5.80. The molecule has 0 atom stereocenters. The van der Waals surface area contributed by atoms with E-state index in [0.29, 0.717) is 30.1 Å². The summed E-state index contributed by atoms with van der Waals surface area (Å²) in [6, 6.07) is 8.93. The fourth-order valence-electron chi connectivity index (χ4n) is 2.73. The molecule has 0 saturated carbocycles. The molecule has 3 heterocycles. The smallest absolute Gasteiger partial charge is 0.408 e. The maximum absolute atomic E-state index is 12.4. The largest absolute Gasteiger partial charge is 0.420 e. The first kappa shape index (κ1) is 14.4. The summed E-state index contributed by atoms with van der Waals surface area (Å²) in [5, 5.41) is 3.16. The normalized spacial score (nSPS) is 14.6. The van der Waals surface area contributed by atoms with Gasteiger partial charge in [0.05, 0.1) is 11.6 Å². The van der Waals surface area contributed by atoms with Crippen LogP contribution in [-0.4, -0.2) is 44.5 Å². The molecule has 1 aliphatic rings. The van der Waals surface area contributed by atoms with E-state index in [1.54, 1.807) is 41.6 Å². The number of carbonyl (C=O) groups excluding carboxylic acids is 1. The van der Waals surface area contributed by atoms with E-state index in [9.17, 15) is 9.59 Å². The molecular weight excluding hydrogens is 310 g/mol. The maximum atomic E-state index is 12.4. The summed E-state index contributed by atoms with van der Waals surface area (Å²) in [5.74, 6) is -0.0836. The van der Waals surface area contributed by atoms with Crippen LogP contribution in [0.3, 0.4) is 0 Å². The third-order valence-electron chi connectivity index (χ3n) is 4.00. The van der Waals surface area contributed by atoms with Crippen molar-refractivity contribution in [3.63, 3.8) is 0 Å². The molecule has 0 spiro atoms. The van der Waals surface area contributed by atoms with Gasteiger partial charge in [-0.15, -0.1) is 0 Å². The molecule has 122 valence electrons. The number of para-hydroxylation sites is 2. The molecule has 0 radical (unpaired) electrons. The molecule has 4 rings (SSSR count).